The van der Waals surface area contributed by atoms with Crippen molar-refractivity contribution >= 4 is 11.4 Å². The quantitative estimate of drug-likeness (QED) is 0.452. The number of nitrogens with zero attached hydrogens (tertiary/aromatic N) is 2. The second-order valence-corrected chi connectivity index (χ2v) is 5.28. The van der Waals surface area contributed by atoms with Crippen LogP contribution in [0.2, 0.25) is 0 Å². The fourth-order valence-electron chi connectivity index (χ4n) is 2.00. The van der Waals surface area contributed by atoms with Crippen molar-refractivity contribution in [2.24, 2.45) is 0 Å². The monoisotopic (exact) mass is 248 g/mol. The molecule has 18 heavy (non-hydrogen) atoms. The lowest BCUT2D eigenvalue weighted by atomic mass is 9.94. The minimum atomic E-state index is -0.386. The van der Waals surface area contributed by atoms with Crippen LogP contribution >= 0.6 is 0 Å². The highest BCUT2D eigenvalue weighted by Gasteiger charge is 2.24. The van der Waals surface area contributed by atoms with Gasteiger partial charge in [-0.05, 0) is 39.3 Å². The van der Waals surface area contributed by atoms with Crippen LogP contribution < -0.4 is 4.90 Å². The first-order valence-corrected chi connectivity index (χ1v) is 5.87. The molecule has 1 rings (SSSR count). The van der Waals surface area contributed by atoms with Crippen LogP contribution in [-0.2, 0) is 0 Å². The van der Waals surface area contributed by atoms with E-state index in [1.54, 1.807) is 12.1 Å². The normalized spacial score (nSPS) is 11.1. The summed E-state index contributed by atoms with van der Waals surface area (Å²) in [7, 11) is 1.99. The van der Waals surface area contributed by atoms with Gasteiger partial charge in [-0.15, -0.1) is 6.58 Å². The van der Waals surface area contributed by atoms with Crippen LogP contribution in [0.4, 0.5) is 11.4 Å². The van der Waals surface area contributed by atoms with Crippen molar-refractivity contribution in [3.05, 3.63) is 46.5 Å². The number of nitro groups is 1. The van der Waals surface area contributed by atoms with Gasteiger partial charge in [0.25, 0.3) is 5.69 Å². The Morgan fingerprint density at radius 2 is 1.89 bits per heavy atom. The van der Waals surface area contributed by atoms with Gasteiger partial charge in [0.1, 0.15) is 0 Å². The second kappa shape index (κ2) is 5.21. The highest BCUT2D eigenvalue weighted by Crippen LogP contribution is 2.28. The molecule has 1 aromatic carbocycles. The topological polar surface area (TPSA) is 46.4 Å². The van der Waals surface area contributed by atoms with Crippen molar-refractivity contribution in [2.75, 3.05) is 11.9 Å². The van der Waals surface area contributed by atoms with Crippen molar-refractivity contribution in [1.82, 2.24) is 0 Å². The van der Waals surface area contributed by atoms with Crippen molar-refractivity contribution in [3.8, 4) is 0 Å². The number of rotatable bonds is 5. The first kappa shape index (κ1) is 14.2. The van der Waals surface area contributed by atoms with Crippen LogP contribution in [0.1, 0.15) is 27.2 Å². The van der Waals surface area contributed by atoms with Crippen molar-refractivity contribution in [2.45, 2.75) is 32.7 Å². The van der Waals surface area contributed by atoms with Crippen LogP contribution in [0.15, 0.2) is 36.4 Å². The maximum atomic E-state index is 10.6. The lowest BCUT2D eigenvalue weighted by Crippen LogP contribution is -2.41. The standard InChI is InChI=1S/C14H20N2O2/c1-11(2)10-14(3,4)15(5)12-6-8-13(9-7-12)16(17)18/h6-9H,1,10H2,2-5H3. The summed E-state index contributed by atoms with van der Waals surface area (Å²) in [5, 5.41) is 10.6. The second-order valence-electron chi connectivity index (χ2n) is 5.28. The molecule has 0 aliphatic heterocycles. The zero-order valence-corrected chi connectivity index (χ0v) is 11.4. The lowest BCUT2D eigenvalue weighted by molar-refractivity contribution is -0.384. The van der Waals surface area contributed by atoms with Gasteiger partial charge in [0.05, 0.1) is 4.92 Å². The van der Waals surface area contributed by atoms with E-state index >= 15 is 0 Å². The molecule has 0 aliphatic carbocycles. The van der Waals surface area contributed by atoms with E-state index in [0.29, 0.717) is 0 Å². The van der Waals surface area contributed by atoms with Gasteiger partial charge in [0.15, 0.2) is 0 Å². The molecule has 98 valence electrons. The SMILES string of the molecule is C=C(C)CC(C)(C)N(C)c1ccc([N+](=O)[O-])cc1. The van der Waals surface area contributed by atoms with Gasteiger partial charge in [-0.1, -0.05) is 5.57 Å². The fraction of sp³-hybridized carbons (Fsp3) is 0.429. The first-order valence-electron chi connectivity index (χ1n) is 5.87. The van der Waals surface area contributed by atoms with Gasteiger partial charge < -0.3 is 4.90 Å². The van der Waals surface area contributed by atoms with Gasteiger partial charge in [-0.25, -0.2) is 0 Å². The van der Waals surface area contributed by atoms with Crippen LogP contribution in [0.3, 0.4) is 0 Å². The van der Waals surface area contributed by atoms with Crippen LogP contribution in [0, 0.1) is 10.1 Å². The van der Waals surface area contributed by atoms with Crippen molar-refractivity contribution in [3.63, 3.8) is 0 Å². The summed E-state index contributed by atoms with van der Waals surface area (Å²) >= 11 is 0. The Morgan fingerprint density at radius 3 is 2.28 bits per heavy atom. The summed E-state index contributed by atoms with van der Waals surface area (Å²) in [5.74, 6) is 0. The molecule has 0 aliphatic rings. The molecule has 0 N–H and O–H groups in total. The molecule has 0 radical (unpaired) electrons. The molecular weight excluding hydrogens is 228 g/mol. The van der Waals surface area contributed by atoms with Crippen LogP contribution in [-0.4, -0.2) is 17.5 Å². The number of benzene rings is 1. The molecule has 0 atom stereocenters. The van der Waals surface area contributed by atoms with E-state index < -0.39 is 0 Å². The van der Waals surface area contributed by atoms with E-state index in [2.05, 4.69) is 25.3 Å². The van der Waals surface area contributed by atoms with E-state index in [0.717, 1.165) is 17.7 Å². The molecule has 4 nitrogen and oxygen atoms in total. The van der Waals surface area contributed by atoms with E-state index in [1.165, 1.54) is 12.1 Å². The van der Waals surface area contributed by atoms with Crippen molar-refractivity contribution < 1.29 is 4.92 Å². The highest BCUT2D eigenvalue weighted by atomic mass is 16.6. The summed E-state index contributed by atoms with van der Waals surface area (Å²) in [6.45, 7) is 10.2. The number of anilines is 1. The Kier molecular flexibility index (Phi) is 4.11. The zero-order chi connectivity index (χ0) is 13.9. The Hall–Kier alpha value is -1.84. The van der Waals surface area contributed by atoms with Crippen molar-refractivity contribution in [1.29, 1.82) is 0 Å². The summed E-state index contributed by atoms with van der Waals surface area (Å²) in [6.07, 6.45) is 0.875. The largest absolute Gasteiger partial charge is 0.369 e. The molecule has 0 saturated heterocycles. The first-order chi connectivity index (χ1) is 8.24. The predicted octanol–water partition coefficient (Wildman–Crippen LogP) is 3.78. The zero-order valence-electron chi connectivity index (χ0n) is 11.4. The van der Waals surface area contributed by atoms with Crippen LogP contribution in [0.5, 0.6) is 0 Å². The summed E-state index contributed by atoms with van der Waals surface area (Å²) < 4.78 is 0. The Morgan fingerprint density at radius 1 is 1.39 bits per heavy atom. The molecule has 0 amide bonds. The minimum absolute atomic E-state index is 0.0675. The maximum absolute atomic E-state index is 10.6. The number of nitro benzene ring substituents is 1. The number of hydrogen-bond donors (Lipinski definition) is 0. The smallest absolute Gasteiger partial charge is 0.269 e. The van der Waals surface area contributed by atoms with E-state index in [4.69, 9.17) is 0 Å². The van der Waals surface area contributed by atoms with Gasteiger partial charge in [0.2, 0.25) is 0 Å². The average molecular weight is 248 g/mol. The van der Waals surface area contributed by atoms with Gasteiger partial charge in [-0.3, -0.25) is 10.1 Å². The lowest BCUT2D eigenvalue weighted by Gasteiger charge is -2.37. The summed E-state index contributed by atoms with van der Waals surface area (Å²) in [6, 6.07) is 6.61. The van der Waals surface area contributed by atoms with E-state index in [9.17, 15) is 10.1 Å². The average Bonchev–Trinajstić information content (AvgIpc) is 2.26. The maximum Gasteiger partial charge on any atom is 0.269 e. The third-order valence-corrected chi connectivity index (χ3v) is 3.09. The van der Waals surface area contributed by atoms with Gasteiger partial charge in [0, 0.05) is 30.4 Å². The third-order valence-electron chi connectivity index (χ3n) is 3.09. The van der Waals surface area contributed by atoms with Gasteiger partial charge >= 0.3 is 0 Å². The number of hydrogen-bond acceptors (Lipinski definition) is 3. The van der Waals surface area contributed by atoms with E-state index in [-0.39, 0.29) is 16.1 Å². The Balaban J connectivity index is 2.93. The number of non-ortho nitro benzene ring substituents is 1. The molecule has 1 aromatic rings. The fourth-order valence-corrected chi connectivity index (χ4v) is 2.00. The molecule has 0 heterocycles. The Bertz CT molecular complexity index is 449. The van der Waals surface area contributed by atoms with Gasteiger partial charge in [-0.2, -0.15) is 0 Å². The third kappa shape index (κ3) is 3.32. The molecule has 0 aromatic heterocycles. The molecular formula is C14H20N2O2. The molecule has 0 spiro atoms. The molecule has 0 saturated carbocycles. The molecule has 0 bridgehead atoms. The Labute approximate surface area is 108 Å². The predicted molar refractivity (Wildman–Crippen MR) is 75.0 cm³/mol. The molecule has 0 fully saturated rings. The minimum Gasteiger partial charge on any atom is -0.369 e. The molecule has 4 heteroatoms. The summed E-state index contributed by atoms with van der Waals surface area (Å²) in [4.78, 5) is 12.3. The summed E-state index contributed by atoms with van der Waals surface area (Å²) in [5.41, 5.74) is 2.13. The van der Waals surface area contributed by atoms with E-state index in [1.807, 2.05) is 14.0 Å². The molecule has 0 unspecified atom stereocenters. The highest BCUT2D eigenvalue weighted by molar-refractivity contribution is 5.52. The van der Waals surface area contributed by atoms with Crippen LogP contribution in [0.25, 0.3) is 0 Å².